The number of hydrogen-bond donors (Lipinski definition) is 2. The van der Waals surface area contributed by atoms with Gasteiger partial charge in [0.15, 0.2) is 11.5 Å². The molecule has 0 bridgehead atoms. The van der Waals surface area contributed by atoms with Crippen LogP contribution < -0.4 is 24.8 Å². The second kappa shape index (κ2) is 14.7. The zero-order valence-corrected chi connectivity index (χ0v) is 23.6. The molecule has 12 heteroatoms. The summed E-state index contributed by atoms with van der Waals surface area (Å²) in [6.45, 7) is 5.77. The number of nitrogens with zero attached hydrogens (tertiary/aromatic N) is 2. The van der Waals surface area contributed by atoms with Crippen LogP contribution in [0.5, 0.6) is 17.2 Å². The SMILES string of the molecule is COc1cc(NC(=O)N[C@@H]2COC[C@H]2N2CCN(Cc3ccc(Cl)cc3)CC2)cc(OC)c1OC.Cl.Cl. The van der Waals surface area contributed by atoms with Gasteiger partial charge in [-0.05, 0) is 17.7 Å². The molecule has 0 unspecified atom stereocenters. The molecule has 0 radical (unpaired) electrons. The lowest BCUT2D eigenvalue weighted by molar-refractivity contribution is 0.0774. The van der Waals surface area contributed by atoms with Crippen LogP contribution in [0.2, 0.25) is 5.02 Å². The first-order valence-corrected chi connectivity index (χ1v) is 12.0. The van der Waals surface area contributed by atoms with E-state index in [0.717, 1.165) is 37.7 Å². The Morgan fingerprint density at radius 2 is 1.59 bits per heavy atom. The van der Waals surface area contributed by atoms with Gasteiger partial charge in [-0.3, -0.25) is 9.80 Å². The Hall–Kier alpha value is -2.14. The van der Waals surface area contributed by atoms with Gasteiger partial charge in [0.1, 0.15) is 0 Å². The maximum Gasteiger partial charge on any atom is 0.319 e. The number of hydrogen-bond acceptors (Lipinski definition) is 7. The first kappa shape index (κ1) is 31.1. The fourth-order valence-corrected chi connectivity index (χ4v) is 4.76. The summed E-state index contributed by atoms with van der Waals surface area (Å²) in [5.41, 5.74) is 1.80. The summed E-state index contributed by atoms with van der Waals surface area (Å²) in [5.74, 6) is 1.42. The third-order valence-electron chi connectivity index (χ3n) is 6.48. The van der Waals surface area contributed by atoms with Crippen LogP contribution in [-0.4, -0.2) is 88.6 Å². The minimum Gasteiger partial charge on any atom is -0.493 e. The molecule has 206 valence electrons. The fourth-order valence-electron chi connectivity index (χ4n) is 4.63. The number of anilines is 1. The van der Waals surface area contributed by atoms with E-state index < -0.39 is 0 Å². The molecular formula is C25H35Cl3N4O5. The van der Waals surface area contributed by atoms with Crippen molar-refractivity contribution in [3.05, 3.63) is 47.0 Å². The van der Waals surface area contributed by atoms with Crippen LogP contribution in [0, 0.1) is 0 Å². The number of piperazine rings is 1. The number of ether oxygens (including phenoxy) is 4. The monoisotopic (exact) mass is 576 g/mol. The van der Waals surface area contributed by atoms with Crippen LogP contribution in [0.4, 0.5) is 10.5 Å². The molecule has 0 aliphatic carbocycles. The molecule has 0 aromatic heterocycles. The van der Waals surface area contributed by atoms with Crippen LogP contribution in [0.1, 0.15) is 5.56 Å². The van der Waals surface area contributed by atoms with Crippen molar-refractivity contribution in [1.29, 1.82) is 0 Å². The molecule has 9 nitrogen and oxygen atoms in total. The van der Waals surface area contributed by atoms with Crippen LogP contribution in [0.3, 0.4) is 0 Å². The summed E-state index contributed by atoms with van der Waals surface area (Å²) in [4.78, 5) is 17.7. The van der Waals surface area contributed by atoms with Crippen LogP contribution in [-0.2, 0) is 11.3 Å². The van der Waals surface area contributed by atoms with Gasteiger partial charge in [0.25, 0.3) is 0 Å². The molecule has 2 aromatic carbocycles. The molecule has 2 aliphatic heterocycles. The van der Waals surface area contributed by atoms with E-state index in [2.05, 4.69) is 32.6 Å². The summed E-state index contributed by atoms with van der Waals surface area (Å²) in [7, 11) is 4.62. The predicted octanol–water partition coefficient (Wildman–Crippen LogP) is 3.92. The smallest absolute Gasteiger partial charge is 0.319 e. The predicted molar refractivity (Wildman–Crippen MR) is 149 cm³/mol. The minimum atomic E-state index is -0.304. The topological polar surface area (TPSA) is 84.5 Å². The largest absolute Gasteiger partial charge is 0.493 e. The van der Waals surface area contributed by atoms with Crippen molar-refractivity contribution < 1.29 is 23.7 Å². The Morgan fingerprint density at radius 1 is 0.973 bits per heavy atom. The lowest BCUT2D eigenvalue weighted by Gasteiger charge is -2.39. The maximum atomic E-state index is 12.8. The maximum absolute atomic E-state index is 12.8. The third-order valence-corrected chi connectivity index (χ3v) is 6.74. The molecule has 2 aromatic rings. The lowest BCUT2D eigenvalue weighted by Crippen LogP contribution is -2.57. The molecule has 37 heavy (non-hydrogen) atoms. The van der Waals surface area contributed by atoms with Crippen LogP contribution in [0.15, 0.2) is 36.4 Å². The van der Waals surface area contributed by atoms with E-state index in [1.54, 1.807) is 12.1 Å². The highest BCUT2D eigenvalue weighted by atomic mass is 35.5. The fraction of sp³-hybridized carbons (Fsp3) is 0.480. The van der Waals surface area contributed by atoms with Crippen molar-refractivity contribution >= 4 is 48.1 Å². The van der Waals surface area contributed by atoms with E-state index in [1.807, 2.05) is 12.1 Å². The van der Waals surface area contributed by atoms with Gasteiger partial charge < -0.3 is 29.6 Å². The van der Waals surface area contributed by atoms with E-state index in [-0.39, 0.29) is 42.9 Å². The Morgan fingerprint density at radius 3 is 2.16 bits per heavy atom. The summed E-state index contributed by atoms with van der Waals surface area (Å²) >= 11 is 6.00. The molecule has 4 rings (SSSR count). The highest BCUT2D eigenvalue weighted by Gasteiger charge is 2.35. The van der Waals surface area contributed by atoms with E-state index in [9.17, 15) is 4.79 Å². The van der Waals surface area contributed by atoms with E-state index in [4.69, 9.17) is 30.5 Å². The number of nitrogens with one attached hydrogen (secondary N) is 2. The highest BCUT2D eigenvalue weighted by molar-refractivity contribution is 6.30. The van der Waals surface area contributed by atoms with Gasteiger partial charge in [0.2, 0.25) is 5.75 Å². The molecule has 0 saturated carbocycles. The molecule has 2 N–H and O–H groups in total. The minimum absolute atomic E-state index is 0. The van der Waals surface area contributed by atoms with Crippen molar-refractivity contribution in [3.63, 3.8) is 0 Å². The number of benzene rings is 2. The zero-order chi connectivity index (χ0) is 24.8. The summed E-state index contributed by atoms with van der Waals surface area (Å²) in [6.07, 6.45) is 0. The first-order chi connectivity index (χ1) is 17.0. The second-order valence-electron chi connectivity index (χ2n) is 8.66. The Balaban J connectivity index is 0.00000241. The second-order valence-corrected chi connectivity index (χ2v) is 9.10. The first-order valence-electron chi connectivity index (χ1n) is 11.7. The molecule has 2 heterocycles. The van der Waals surface area contributed by atoms with E-state index in [0.29, 0.717) is 36.1 Å². The van der Waals surface area contributed by atoms with Crippen LogP contribution >= 0.6 is 36.4 Å². The lowest BCUT2D eigenvalue weighted by atomic mass is 10.1. The van der Waals surface area contributed by atoms with Gasteiger partial charge in [-0.1, -0.05) is 23.7 Å². The van der Waals surface area contributed by atoms with Crippen molar-refractivity contribution in [2.75, 3.05) is 66.0 Å². The third kappa shape index (κ3) is 7.92. The molecule has 2 amide bonds. The normalized spacial score (nSPS) is 19.8. The Labute approximate surface area is 235 Å². The van der Waals surface area contributed by atoms with Crippen molar-refractivity contribution in [1.82, 2.24) is 15.1 Å². The number of halogens is 3. The number of carbonyl (C=O) groups excluding carboxylic acids is 1. The van der Waals surface area contributed by atoms with Crippen molar-refractivity contribution in [2.24, 2.45) is 0 Å². The average molecular weight is 578 g/mol. The van der Waals surface area contributed by atoms with Gasteiger partial charge in [0.05, 0.1) is 52.3 Å². The number of rotatable bonds is 8. The average Bonchev–Trinajstić information content (AvgIpc) is 3.33. The Kier molecular flexibility index (Phi) is 12.4. The number of methoxy groups -OCH3 is 3. The van der Waals surface area contributed by atoms with Crippen LogP contribution in [0.25, 0.3) is 0 Å². The molecule has 2 atom stereocenters. The molecular weight excluding hydrogens is 543 g/mol. The van der Waals surface area contributed by atoms with E-state index >= 15 is 0 Å². The van der Waals surface area contributed by atoms with Crippen molar-refractivity contribution in [2.45, 2.75) is 18.6 Å². The van der Waals surface area contributed by atoms with Gasteiger partial charge in [-0.25, -0.2) is 4.79 Å². The molecule has 2 saturated heterocycles. The molecule has 0 spiro atoms. The summed E-state index contributed by atoms with van der Waals surface area (Å²) in [6, 6.07) is 11.1. The van der Waals surface area contributed by atoms with Crippen molar-refractivity contribution in [3.8, 4) is 17.2 Å². The van der Waals surface area contributed by atoms with E-state index in [1.165, 1.54) is 26.9 Å². The summed E-state index contributed by atoms with van der Waals surface area (Å²) < 4.78 is 21.8. The molecule has 2 fully saturated rings. The zero-order valence-electron chi connectivity index (χ0n) is 21.2. The summed E-state index contributed by atoms with van der Waals surface area (Å²) in [5, 5.41) is 6.71. The van der Waals surface area contributed by atoms with Gasteiger partial charge in [-0.2, -0.15) is 0 Å². The standard InChI is InChI=1S/C25H33ClN4O5.2ClH/c1-32-22-12-19(13-23(33-2)24(22)34-3)27-25(31)28-20-15-35-16-21(20)30-10-8-29(9-11-30)14-17-4-6-18(26)7-5-17;;/h4-7,12-13,20-21H,8-11,14-16H2,1-3H3,(H2,27,28,31);2*1H/t20-,21-;;/m1../s1. The molecule has 2 aliphatic rings. The highest BCUT2D eigenvalue weighted by Crippen LogP contribution is 2.39. The van der Waals surface area contributed by atoms with Gasteiger partial charge in [-0.15, -0.1) is 24.8 Å². The number of amides is 2. The number of carbonyl (C=O) groups is 1. The number of urea groups is 1. The Bertz CT molecular complexity index is 981. The van der Waals surface area contributed by atoms with Gasteiger partial charge in [0, 0.05) is 49.9 Å². The quantitative estimate of drug-likeness (QED) is 0.492. The van der Waals surface area contributed by atoms with Gasteiger partial charge >= 0.3 is 6.03 Å².